The fourth-order valence-corrected chi connectivity index (χ4v) is 3.94. The fraction of sp³-hybridized carbons (Fsp3) is 0.185. The Labute approximate surface area is 207 Å². The van der Waals surface area contributed by atoms with Crippen molar-refractivity contribution in [3.05, 3.63) is 87.7 Å². The Hall–Kier alpha value is -3.97. The quantitative estimate of drug-likeness (QED) is 0.315. The molecule has 0 unspecified atom stereocenters. The SMILES string of the molecule is COc1ccc(CN(C)C(=O)COc2cc3oc(=O)cc(-c4ccccc4)c3cc2Cl)cc1OC. The zero-order valence-electron chi connectivity index (χ0n) is 19.5. The van der Waals surface area contributed by atoms with Crippen molar-refractivity contribution in [2.24, 2.45) is 0 Å². The Bertz CT molecular complexity index is 1420. The number of carbonyl (C=O) groups excluding carboxylic acids is 1. The number of rotatable bonds is 8. The number of amides is 1. The first-order valence-electron chi connectivity index (χ1n) is 10.8. The van der Waals surface area contributed by atoms with Crippen molar-refractivity contribution in [3.63, 3.8) is 0 Å². The molecule has 1 amide bonds. The Morgan fingerprint density at radius 3 is 2.40 bits per heavy atom. The van der Waals surface area contributed by atoms with Crippen molar-refractivity contribution < 1.29 is 23.4 Å². The van der Waals surface area contributed by atoms with Gasteiger partial charge in [0.2, 0.25) is 0 Å². The van der Waals surface area contributed by atoms with Crippen LogP contribution in [0.3, 0.4) is 0 Å². The molecule has 1 aromatic heterocycles. The Kier molecular flexibility index (Phi) is 7.27. The molecule has 8 heteroatoms. The van der Waals surface area contributed by atoms with Gasteiger partial charge in [0.25, 0.3) is 5.91 Å². The van der Waals surface area contributed by atoms with Crippen molar-refractivity contribution in [3.8, 4) is 28.4 Å². The van der Waals surface area contributed by atoms with Gasteiger partial charge in [-0.15, -0.1) is 0 Å². The second kappa shape index (κ2) is 10.5. The van der Waals surface area contributed by atoms with Crippen LogP contribution in [0.5, 0.6) is 17.2 Å². The van der Waals surface area contributed by atoms with Crippen LogP contribution < -0.4 is 19.8 Å². The Morgan fingerprint density at radius 2 is 1.69 bits per heavy atom. The number of benzene rings is 3. The average Bonchev–Trinajstić information content (AvgIpc) is 2.87. The summed E-state index contributed by atoms with van der Waals surface area (Å²) in [5.41, 5.74) is 2.27. The third-order valence-corrected chi connectivity index (χ3v) is 5.82. The van der Waals surface area contributed by atoms with Crippen molar-refractivity contribution in [2.45, 2.75) is 6.54 Å². The lowest BCUT2D eigenvalue weighted by molar-refractivity contribution is -0.132. The fourth-order valence-electron chi connectivity index (χ4n) is 3.72. The number of carbonyl (C=O) groups is 1. The highest BCUT2D eigenvalue weighted by atomic mass is 35.5. The highest BCUT2D eigenvalue weighted by Crippen LogP contribution is 2.35. The highest BCUT2D eigenvalue weighted by molar-refractivity contribution is 6.33. The van der Waals surface area contributed by atoms with E-state index in [9.17, 15) is 9.59 Å². The number of nitrogens with zero attached hydrogens (tertiary/aromatic N) is 1. The standard InChI is InChI=1S/C27H24ClNO6/c1-29(15-17-9-10-22(32-2)25(11-17)33-3)26(30)16-34-24-14-23-20(12-21(24)28)19(13-27(31)35-23)18-7-5-4-6-8-18/h4-14H,15-16H2,1-3H3. The van der Waals surface area contributed by atoms with E-state index in [2.05, 4.69) is 0 Å². The molecular formula is C27H24ClNO6. The third kappa shape index (κ3) is 5.41. The number of likely N-dealkylation sites (N-methyl/N-ethyl adjacent to an activating group) is 1. The average molecular weight is 494 g/mol. The van der Waals surface area contributed by atoms with E-state index in [4.69, 9.17) is 30.2 Å². The molecule has 0 aliphatic carbocycles. The molecular weight excluding hydrogens is 470 g/mol. The highest BCUT2D eigenvalue weighted by Gasteiger charge is 2.16. The molecule has 0 N–H and O–H groups in total. The maximum Gasteiger partial charge on any atom is 0.336 e. The Morgan fingerprint density at radius 1 is 0.943 bits per heavy atom. The lowest BCUT2D eigenvalue weighted by Crippen LogP contribution is -2.31. The number of hydrogen-bond acceptors (Lipinski definition) is 6. The van der Waals surface area contributed by atoms with Crippen LogP contribution in [0.2, 0.25) is 5.02 Å². The lowest BCUT2D eigenvalue weighted by Gasteiger charge is -2.19. The molecule has 0 saturated heterocycles. The number of ether oxygens (including phenoxy) is 3. The first-order chi connectivity index (χ1) is 16.9. The molecule has 3 aromatic carbocycles. The van der Waals surface area contributed by atoms with Crippen LogP contribution in [0.1, 0.15) is 5.56 Å². The molecule has 0 atom stereocenters. The van der Waals surface area contributed by atoms with Crippen LogP contribution in [0.4, 0.5) is 0 Å². The minimum atomic E-state index is -0.490. The summed E-state index contributed by atoms with van der Waals surface area (Å²) in [6, 6.07) is 19.6. The molecule has 0 aliphatic heterocycles. The summed E-state index contributed by atoms with van der Waals surface area (Å²) in [5.74, 6) is 1.19. The Balaban J connectivity index is 1.50. The second-order valence-corrected chi connectivity index (χ2v) is 8.26. The maximum atomic E-state index is 12.7. The predicted octanol–water partition coefficient (Wildman–Crippen LogP) is 5.17. The minimum Gasteiger partial charge on any atom is -0.493 e. The van der Waals surface area contributed by atoms with E-state index in [0.717, 1.165) is 11.1 Å². The summed E-state index contributed by atoms with van der Waals surface area (Å²) in [6.45, 7) is 0.112. The summed E-state index contributed by atoms with van der Waals surface area (Å²) < 4.78 is 21.7. The lowest BCUT2D eigenvalue weighted by atomic mass is 10.0. The van der Waals surface area contributed by atoms with Gasteiger partial charge in [-0.2, -0.15) is 0 Å². The third-order valence-electron chi connectivity index (χ3n) is 5.53. The van der Waals surface area contributed by atoms with Gasteiger partial charge in [-0.25, -0.2) is 4.79 Å². The molecule has 180 valence electrons. The zero-order chi connectivity index (χ0) is 24.9. The van der Waals surface area contributed by atoms with Crippen LogP contribution in [-0.4, -0.2) is 38.7 Å². The van der Waals surface area contributed by atoms with Gasteiger partial charge in [0.1, 0.15) is 11.3 Å². The summed E-state index contributed by atoms with van der Waals surface area (Å²) in [4.78, 5) is 26.4. The first kappa shape index (κ1) is 24.2. The number of halogens is 1. The minimum absolute atomic E-state index is 0.238. The van der Waals surface area contributed by atoms with E-state index in [1.807, 2.05) is 42.5 Å². The smallest absolute Gasteiger partial charge is 0.336 e. The van der Waals surface area contributed by atoms with E-state index >= 15 is 0 Å². The summed E-state index contributed by atoms with van der Waals surface area (Å²) in [7, 11) is 4.80. The van der Waals surface area contributed by atoms with Gasteiger partial charge in [0.05, 0.1) is 19.2 Å². The zero-order valence-corrected chi connectivity index (χ0v) is 20.3. The number of methoxy groups -OCH3 is 2. The molecule has 0 saturated carbocycles. The number of hydrogen-bond donors (Lipinski definition) is 0. The van der Waals surface area contributed by atoms with Crippen molar-refractivity contribution in [2.75, 3.05) is 27.9 Å². The van der Waals surface area contributed by atoms with Gasteiger partial charge in [0, 0.05) is 31.1 Å². The van der Waals surface area contributed by atoms with Gasteiger partial charge in [0.15, 0.2) is 18.1 Å². The van der Waals surface area contributed by atoms with E-state index in [1.54, 1.807) is 33.4 Å². The first-order valence-corrected chi connectivity index (χ1v) is 11.2. The second-order valence-electron chi connectivity index (χ2n) is 7.85. The maximum absolute atomic E-state index is 12.7. The molecule has 0 bridgehead atoms. The van der Waals surface area contributed by atoms with Gasteiger partial charge in [-0.1, -0.05) is 48.0 Å². The molecule has 4 rings (SSSR count). The van der Waals surface area contributed by atoms with Gasteiger partial charge in [-0.05, 0) is 34.9 Å². The van der Waals surface area contributed by atoms with Crippen LogP contribution in [0.25, 0.3) is 22.1 Å². The van der Waals surface area contributed by atoms with Crippen LogP contribution >= 0.6 is 11.6 Å². The van der Waals surface area contributed by atoms with Gasteiger partial charge < -0.3 is 23.5 Å². The van der Waals surface area contributed by atoms with Crippen LogP contribution in [0.15, 0.2) is 75.9 Å². The van der Waals surface area contributed by atoms with E-state index in [-0.39, 0.29) is 18.3 Å². The summed E-state index contributed by atoms with van der Waals surface area (Å²) in [6.07, 6.45) is 0. The van der Waals surface area contributed by atoms with E-state index in [0.29, 0.717) is 39.6 Å². The topological polar surface area (TPSA) is 78.2 Å². The predicted molar refractivity (Wildman–Crippen MR) is 134 cm³/mol. The molecule has 0 fully saturated rings. The summed E-state index contributed by atoms with van der Waals surface area (Å²) in [5, 5.41) is 0.976. The molecule has 35 heavy (non-hydrogen) atoms. The normalized spacial score (nSPS) is 10.7. The molecule has 1 heterocycles. The van der Waals surface area contributed by atoms with Crippen LogP contribution in [0, 0.1) is 0 Å². The molecule has 0 radical (unpaired) electrons. The molecule has 0 spiro atoms. The molecule has 7 nitrogen and oxygen atoms in total. The monoisotopic (exact) mass is 493 g/mol. The van der Waals surface area contributed by atoms with E-state index in [1.165, 1.54) is 17.0 Å². The van der Waals surface area contributed by atoms with Crippen LogP contribution in [-0.2, 0) is 11.3 Å². The van der Waals surface area contributed by atoms with Crippen molar-refractivity contribution >= 4 is 28.5 Å². The molecule has 4 aromatic rings. The largest absolute Gasteiger partial charge is 0.493 e. The van der Waals surface area contributed by atoms with Crippen molar-refractivity contribution in [1.29, 1.82) is 0 Å². The number of fused-ring (bicyclic) bond motifs is 1. The molecule has 0 aliphatic rings. The summed E-state index contributed by atoms with van der Waals surface area (Å²) >= 11 is 6.46. The van der Waals surface area contributed by atoms with Gasteiger partial charge >= 0.3 is 5.63 Å². The van der Waals surface area contributed by atoms with Gasteiger partial charge in [-0.3, -0.25) is 4.79 Å². The van der Waals surface area contributed by atoms with Crippen molar-refractivity contribution in [1.82, 2.24) is 4.90 Å². The van der Waals surface area contributed by atoms with E-state index < -0.39 is 5.63 Å².